The number of hydrogen-bond acceptors (Lipinski definition) is 0. The second-order valence-electron chi connectivity index (χ2n) is 6.24. The van der Waals surface area contributed by atoms with Gasteiger partial charge in [0, 0.05) is 0 Å². The Bertz CT molecular complexity index is 685. The first-order valence-electron chi connectivity index (χ1n) is 8.70. The van der Waals surface area contributed by atoms with E-state index in [1.54, 1.807) is 0 Å². The Balaban J connectivity index is 1.85. The zero-order chi connectivity index (χ0) is 15.2. The van der Waals surface area contributed by atoms with Crippen LogP contribution in [0.25, 0.3) is 21.5 Å². The van der Waals surface area contributed by atoms with E-state index < -0.39 is 0 Å². The van der Waals surface area contributed by atoms with Crippen molar-refractivity contribution >= 4 is 21.5 Å². The van der Waals surface area contributed by atoms with Gasteiger partial charge in [-0.25, -0.2) is 0 Å². The Morgan fingerprint density at radius 2 is 1.59 bits per heavy atom. The van der Waals surface area contributed by atoms with E-state index in [-0.39, 0.29) is 0 Å². The second-order valence-corrected chi connectivity index (χ2v) is 6.24. The summed E-state index contributed by atoms with van der Waals surface area (Å²) < 4.78 is 0. The maximum Gasteiger partial charge on any atom is -0.0139 e. The molecule has 0 aliphatic heterocycles. The van der Waals surface area contributed by atoms with Crippen molar-refractivity contribution < 1.29 is 0 Å². The van der Waals surface area contributed by atoms with Crippen LogP contribution in [0, 0.1) is 6.07 Å². The Labute approximate surface area is 134 Å². The van der Waals surface area contributed by atoms with E-state index in [9.17, 15) is 0 Å². The smallest absolute Gasteiger partial charge is 0.0139 e. The predicted octanol–water partition coefficient (Wildman–Crippen LogP) is 6.70. The zero-order valence-corrected chi connectivity index (χ0v) is 13.6. The first kappa shape index (κ1) is 15.1. The molecule has 0 fully saturated rings. The van der Waals surface area contributed by atoms with Gasteiger partial charge in [0.1, 0.15) is 0 Å². The molecule has 0 bridgehead atoms. The molecular weight excluding hydrogens is 264 g/mol. The fourth-order valence-corrected chi connectivity index (χ4v) is 3.39. The van der Waals surface area contributed by atoms with Crippen LogP contribution in [0.5, 0.6) is 0 Å². The second kappa shape index (κ2) is 7.45. The van der Waals surface area contributed by atoms with E-state index in [4.69, 9.17) is 0 Å². The van der Waals surface area contributed by atoms with Gasteiger partial charge in [-0.3, -0.25) is 0 Å². The van der Waals surface area contributed by atoms with Crippen LogP contribution in [0.15, 0.2) is 48.5 Å². The quantitative estimate of drug-likeness (QED) is 0.335. The number of fused-ring (bicyclic) bond motifs is 2. The van der Waals surface area contributed by atoms with Crippen molar-refractivity contribution in [2.75, 3.05) is 0 Å². The SMILES string of the molecule is CCCCCCCCc1c2c[c]ccc2cc2ccccc12. The van der Waals surface area contributed by atoms with Gasteiger partial charge in [-0.05, 0) is 58.1 Å². The van der Waals surface area contributed by atoms with Gasteiger partial charge in [-0.2, -0.15) is 0 Å². The Morgan fingerprint density at radius 3 is 2.50 bits per heavy atom. The average molecular weight is 289 g/mol. The van der Waals surface area contributed by atoms with Crippen molar-refractivity contribution in [2.45, 2.75) is 51.9 Å². The summed E-state index contributed by atoms with van der Waals surface area (Å²) >= 11 is 0. The molecule has 0 aliphatic carbocycles. The maximum absolute atomic E-state index is 3.26. The lowest BCUT2D eigenvalue weighted by Gasteiger charge is -2.11. The van der Waals surface area contributed by atoms with Crippen molar-refractivity contribution in [3.63, 3.8) is 0 Å². The summed E-state index contributed by atoms with van der Waals surface area (Å²) in [7, 11) is 0. The normalized spacial score (nSPS) is 11.3. The molecule has 0 aliphatic rings. The van der Waals surface area contributed by atoms with Crippen LogP contribution in [0.2, 0.25) is 0 Å². The van der Waals surface area contributed by atoms with Gasteiger partial charge in [0.2, 0.25) is 0 Å². The summed E-state index contributed by atoms with van der Waals surface area (Å²) in [5, 5.41) is 5.51. The third kappa shape index (κ3) is 3.32. The standard InChI is InChI=1S/C22H25/c1-2-3-4-5-6-7-16-22-20-14-10-8-12-18(20)17-19-13-9-11-15-21(19)22/h8-10,12-15,17H,2-7,16H2,1H3. The van der Waals surface area contributed by atoms with Crippen molar-refractivity contribution in [3.8, 4) is 0 Å². The third-order valence-corrected chi connectivity index (χ3v) is 4.60. The van der Waals surface area contributed by atoms with Gasteiger partial charge >= 0.3 is 0 Å². The number of rotatable bonds is 7. The lowest BCUT2D eigenvalue weighted by molar-refractivity contribution is 0.609. The molecule has 0 aromatic heterocycles. The first-order chi connectivity index (χ1) is 10.9. The van der Waals surface area contributed by atoms with Crippen molar-refractivity contribution in [1.82, 2.24) is 0 Å². The molecule has 0 saturated carbocycles. The Morgan fingerprint density at radius 1 is 0.818 bits per heavy atom. The highest BCUT2D eigenvalue weighted by atomic mass is 14.1. The van der Waals surface area contributed by atoms with E-state index in [1.807, 2.05) is 6.07 Å². The Kier molecular flexibility index (Phi) is 5.11. The molecule has 1 radical (unpaired) electrons. The first-order valence-corrected chi connectivity index (χ1v) is 8.70. The van der Waals surface area contributed by atoms with Crippen LogP contribution in [-0.2, 0) is 6.42 Å². The van der Waals surface area contributed by atoms with Crippen LogP contribution < -0.4 is 0 Å². The van der Waals surface area contributed by atoms with Crippen LogP contribution in [0.3, 0.4) is 0 Å². The summed E-state index contributed by atoms with van der Waals surface area (Å²) in [6.45, 7) is 2.28. The molecule has 0 saturated heterocycles. The molecule has 22 heavy (non-hydrogen) atoms. The van der Waals surface area contributed by atoms with Gasteiger partial charge in [0.15, 0.2) is 0 Å². The summed E-state index contributed by atoms with van der Waals surface area (Å²) in [5.41, 5.74) is 1.51. The van der Waals surface area contributed by atoms with E-state index in [1.165, 1.54) is 72.1 Å². The highest BCUT2D eigenvalue weighted by Gasteiger charge is 2.07. The average Bonchev–Trinajstić information content (AvgIpc) is 2.57. The minimum Gasteiger partial charge on any atom is -0.0654 e. The molecule has 0 heterocycles. The van der Waals surface area contributed by atoms with E-state index in [2.05, 4.69) is 55.5 Å². The van der Waals surface area contributed by atoms with E-state index in [0.29, 0.717) is 0 Å². The van der Waals surface area contributed by atoms with Gasteiger partial charge in [-0.15, -0.1) is 0 Å². The molecule has 0 atom stereocenters. The van der Waals surface area contributed by atoms with E-state index >= 15 is 0 Å². The highest BCUT2D eigenvalue weighted by Crippen LogP contribution is 2.29. The zero-order valence-electron chi connectivity index (χ0n) is 13.6. The molecule has 0 heteroatoms. The number of benzene rings is 3. The summed E-state index contributed by atoms with van der Waals surface area (Å²) in [5.74, 6) is 0. The summed E-state index contributed by atoms with van der Waals surface area (Å²) in [6.07, 6.45) is 9.30. The van der Waals surface area contributed by atoms with Crippen molar-refractivity contribution in [2.24, 2.45) is 0 Å². The van der Waals surface area contributed by atoms with Crippen molar-refractivity contribution in [1.29, 1.82) is 0 Å². The fraction of sp³-hybridized carbons (Fsp3) is 0.364. The largest absolute Gasteiger partial charge is 0.0654 e. The van der Waals surface area contributed by atoms with Crippen LogP contribution >= 0.6 is 0 Å². The molecule has 0 unspecified atom stereocenters. The fourth-order valence-electron chi connectivity index (χ4n) is 3.39. The number of unbranched alkanes of at least 4 members (excludes halogenated alkanes) is 5. The Hall–Kier alpha value is -1.82. The molecule has 0 nitrogen and oxygen atoms in total. The topological polar surface area (TPSA) is 0 Å². The van der Waals surface area contributed by atoms with Crippen LogP contribution in [-0.4, -0.2) is 0 Å². The van der Waals surface area contributed by atoms with Gasteiger partial charge in [0.25, 0.3) is 0 Å². The lowest BCUT2D eigenvalue weighted by atomic mass is 9.93. The minimum atomic E-state index is 1.18. The van der Waals surface area contributed by atoms with Gasteiger partial charge < -0.3 is 0 Å². The highest BCUT2D eigenvalue weighted by molar-refractivity contribution is 6.02. The van der Waals surface area contributed by atoms with Gasteiger partial charge in [0.05, 0.1) is 0 Å². The molecule has 3 aromatic carbocycles. The minimum absolute atomic E-state index is 1.18. The number of aryl methyl sites for hydroxylation is 1. The monoisotopic (exact) mass is 289 g/mol. The predicted molar refractivity (Wildman–Crippen MR) is 97.4 cm³/mol. The lowest BCUT2D eigenvalue weighted by Crippen LogP contribution is -1.91. The molecule has 3 aromatic rings. The van der Waals surface area contributed by atoms with Crippen LogP contribution in [0.4, 0.5) is 0 Å². The molecule has 0 N–H and O–H groups in total. The number of hydrogen-bond donors (Lipinski definition) is 0. The maximum atomic E-state index is 3.26. The summed E-state index contributed by atoms with van der Waals surface area (Å²) in [4.78, 5) is 0. The molecule has 0 spiro atoms. The third-order valence-electron chi connectivity index (χ3n) is 4.60. The van der Waals surface area contributed by atoms with E-state index in [0.717, 1.165) is 0 Å². The van der Waals surface area contributed by atoms with Crippen LogP contribution in [0.1, 0.15) is 51.0 Å². The molecule has 0 amide bonds. The van der Waals surface area contributed by atoms with Gasteiger partial charge in [-0.1, -0.05) is 75.4 Å². The molecule has 3 rings (SSSR count). The summed E-state index contributed by atoms with van der Waals surface area (Å²) in [6, 6.07) is 20.7. The molecular formula is C22H25. The van der Waals surface area contributed by atoms with Crippen molar-refractivity contribution in [3.05, 3.63) is 60.2 Å². The molecule has 113 valence electrons.